The number of aromatic nitrogens is 4. The van der Waals surface area contributed by atoms with E-state index < -0.39 is 21.0 Å². The van der Waals surface area contributed by atoms with Crippen LogP contribution in [0.15, 0.2) is 0 Å². The van der Waals surface area contributed by atoms with Gasteiger partial charge >= 0.3 is 0 Å². The summed E-state index contributed by atoms with van der Waals surface area (Å²) in [6.07, 6.45) is 5.97. The molecule has 1 heterocycles. The molecule has 0 aliphatic heterocycles. The molecule has 0 unspecified atom stereocenters. The van der Waals surface area contributed by atoms with Gasteiger partial charge in [0.25, 0.3) is 0 Å². The van der Waals surface area contributed by atoms with Gasteiger partial charge in [0, 0.05) is 6.04 Å². The van der Waals surface area contributed by atoms with Gasteiger partial charge in [-0.15, -0.1) is 5.10 Å². The minimum Gasteiger partial charge on any atom is -0.352 e. The van der Waals surface area contributed by atoms with Crippen molar-refractivity contribution in [2.75, 3.05) is 0 Å². The Balaban J connectivity index is 1.65. The molecule has 1 atom stereocenters. The fourth-order valence-corrected chi connectivity index (χ4v) is 3.96. The summed E-state index contributed by atoms with van der Waals surface area (Å²) in [6.45, 7) is 1.44. The number of sulfone groups is 1. The molecular weight excluding hydrogens is 306 g/mol. The van der Waals surface area contributed by atoms with Crippen molar-refractivity contribution < 1.29 is 13.2 Å². The maximum Gasteiger partial charge on any atom is 0.238 e. The first-order chi connectivity index (χ1) is 10.5. The van der Waals surface area contributed by atoms with E-state index in [0.29, 0.717) is 5.82 Å². The highest BCUT2D eigenvalue weighted by Crippen LogP contribution is 2.34. The zero-order valence-corrected chi connectivity index (χ0v) is 13.4. The van der Waals surface area contributed by atoms with Crippen LogP contribution >= 0.6 is 0 Å². The number of amides is 1. The normalized spacial score (nSPS) is 21.0. The van der Waals surface area contributed by atoms with Crippen LogP contribution in [0, 0.1) is 0 Å². The van der Waals surface area contributed by atoms with Crippen LogP contribution in [-0.2, 0) is 20.4 Å². The van der Waals surface area contributed by atoms with Gasteiger partial charge < -0.3 is 5.32 Å². The van der Waals surface area contributed by atoms with Crippen molar-refractivity contribution in [2.24, 2.45) is 0 Å². The van der Waals surface area contributed by atoms with Crippen LogP contribution in [-0.4, -0.2) is 45.8 Å². The largest absolute Gasteiger partial charge is 0.352 e. The summed E-state index contributed by atoms with van der Waals surface area (Å²) in [5.74, 6) is -0.393. The smallest absolute Gasteiger partial charge is 0.238 e. The zero-order valence-electron chi connectivity index (χ0n) is 12.6. The Kier molecular flexibility index (Phi) is 4.16. The molecule has 1 N–H and O–H groups in total. The number of rotatable bonds is 6. The maximum atomic E-state index is 12.4. The average molecular weight is 327 g/mol. The van der Waals surface area contributed by atoms with E-state index in [-0.39, 0.29) is 17.8 Å². The third-order valence-electron chi connectivity index (χ3n) is 4.39. The van der Waals surface area contributed by atoms with Gasteiger partial charge in [0.2, 0.25) is 5.91 Å². The standard InChI is InChI=1S/C13H21N5O3S/c1-9(13(19)14-10-4-2-3-5-10)22(20,21)8-12-15-16-17-18(12)11-6-7-11/h9-11H,2-8H2,1H3,(H,14,19)/t9-/m0/s1. The summed E-state index contributed by atoms with van der Waals surface area (Å²) in [5, 5.41) is 12.9. The minimum absolute atomic E-state index is 0.113. The lowest BCUT2D eigenvalue weighted by Gasteiger charge is -2.16. The molecule has 0 radical (unpaired) electrons. The predicted molar refractivity (Wildman–Crippen MR) is 78.6 cm³/mol. The van der Waals surface area contributed by atoms with E-state index in [4.69, 9.17) is 0 Å². The lowest BCUT2D eigenvalue weighted by Crippen LogP contribution is -2.42. The summed E-state index contributed by atoms with van der Waals surface area (Å²) in [4.78, 5) is 12.2. The Morgan fingerprint density at radius 1 is 1.32 bits per heavy atom. The fraction of sp³-hybridized carbons (Fsp3) is 0.846. The topological polar surface area (TPSA) is 107 Å². The van der Waals surface area contributed by atoms with Gasteiger partial charge in [-0.1, -0.05) is 12.8 Å². The molecule has 2 fully saturated rings. The highest BCUT2D eigenvalue weighted by molar-refractivity contribution is 7.92. The fourth-order valence-electron chi connectivity index (χ4n) is 2.77. The Morgan fingerprint density at radius 3 is 2.64 bits per heavy atom. The van der Waals surface area contributed by atoms with E-state index in [2.05, 4.69) is 20.8 Å². The van der Waals surface area contributed by atoms with Crippen molar-refractivity contribution in [3.05, 3.63) is 5.82 Å². The molecule has 2 saturated carbocycles. The predicted octanol–water partition coefficient (Wildman–Crippen LogP) is 0.370. The van der Waals surface area contributed by atoms with E-state index in [0.717, 1.165) is 38.5 Å². The number of hydrogen-bond donors (Lipinski definition) is 1. The second-order valence-corrected chi connectivity index (χ2v) is 8.53. The maximum absolute atomic E-state index is 12.4. The summed E-state index contributed by atoms with van der Waals surface area (Å²) in [7, 11) is -3.63. The third-order valence-corrected chi connectivity index (χ3v) is 6.35. The van der Waals surface area contributed by atoms with Gasteiger partial charge in [0.05, 0.1) is 6.04 Å². The van der Waals surface area contributed by atoms with Crippen LogP contribution in [0.5, 0.6) is 0 Å². The average Bonchev–Trinajstić information content (AvgIpc) is 2.99. The van der Waals surface area contributed by atoms with E-state index in [9.17, 15) is 13.2 Å². The van der Waals surface area contributed by atoms with E-state index in [1.54, 1.807) is 4.68 Å². The molecule has 9 heteroatoms. The van der Waals surface area contributed by atoms with Crippen molar-refractivity contribution in [3.8, 4) is 0 Å². The third kappa shape index (κ3) is 3.29. The van der Waals surface area contributed by atoms with Crippen LogP contribution in [0.3, 0.4) is 0 Å². The van der Waals surface area contributed by atoms with E-state index in [1.807, 2.05) is 0 Å². The Bertz CT molecular complexity index is 646. The summed E-state index contributed by atoms with van der Waals surface area (Å²) in [6, 6.07) is 0.324. The van der Waals surface area contributed by atoms with Gasteiger partial charge in [0.15, 0.2) is 15.7 Å². The Hall–Kier alpha value is -1.51. The first-order valence-electron chi connectivity index (χ1n) is 7.76. The number of nitrogens with zero attached hydrogens (tertiary/aromatic N) is 4. The Morgan fingerprint density at radius 2 is 2.00 bits per heavy atom. The van der Waals surface area contributed by atoms with Gasteiger partial charge in [-0.3, -0.25) is 4.79 Å². The summed E-state index contributed by atoms with van der Waals surface area (Å²) >= 11 is 0. The number of nitrogens with one attached hydrogen (secondary N) is 1. The first kappa shape index (κ1) is 15.4. The van der Waals surface area contributed by atoms with Crippen LogP contribution in [0.2, 0.25) is 0 Å². The van der Waals surface area contributed by atoms with Gasteiger partial charge in [-0.25, -0.2) is 13.1 Å². The molecular formula is C13H21N5O3S. The molecule has 0 saturated heterocycles. The quantitative estimate of drug-likeness (QED) is 0.809. The van der Waals surface area contributed by atoms with Gasteiger partial charge in [-0.2, -0.15) is 0 Å². The monoisotopic (exact) mass is 327 g/mol. The molecule has 0 aromatic carbocycles. The summed E-state index contributed by atoms with van der Waals surface area (Å²) < 4.78 is 26.4. The highest BCUT2D eigenvalue weighted by atomic mass is 32.2. The van der Waals surface area contributed by atoms with Gasteiger partial charge in [-0.05, 0) is 43.0 Å². The molecule has 1 aromatic rings. The zero-order chi connectivity index (χ0) is 15.7. The van der Waals surface area contributed by atoms with Crippen molar-refractivity contribution in [3.63, 3.8) is 0 Å². The lowest BCUT2D eigenvalue weighted by molar-refractivity contribution is -0.121. The van der Waals surface area contributed by atoms with E-state index in [1.165, 1.54) is 6.92 Å². The second-order valence-electron chi connectivity index (χ2n) is 6.21. The molecule has 1 amide bonds. The van der Waals surface area contributed by atoms with Crippen molar-refractivity contribution in [2.45, 2.75) is 68.5 Å². The molecule has 1 aromatic heterocycles. The number of hydrogen-bond acceptors (Lipinski definition) is 6. The molecule has 2 aliphatic rings. The Labute approximate surface area is 129 Å². The SMILES string of the molecule is C[C@@H](C(=O)NC1CCCC1)S(=O)(=O)Cc1nnnn1C1CC1. The molecule has 2 aliphatic carbocycles. The minimum atomic E-state index is -3.63. The second kappa shape index (κ2) is 5.94. The highest BCUT2D eigenvalue weighted by Gasteiger charge is 2.34. The van der Waals surface area contributed by atoms with Crippen LogP contribution in [0.1, 0.15) is 57.3 Å². The number of tetrazole rings is 1. The van der Waals surface area contributed by atoms with Crippen LogP contribution in [0.4, 0.5) is 0 Å². The number of carbonyl (C=O) groups is 1. The van der Waals surface area contributed by atoms with Crippen LogP contribution in [0.25, 0.3) is 0 Å². The van der Waals surface area contributed by atoms with Crippen molar-refractivity contribution >= 4 is 15.7 Å². The lowest BCUT2D eigenvalue weighted by atomic mass is 10.2. The first-order valence-corrected chi connectivity index (χ1v) is 9.47. The molecule has 3 rings (SSSR count). The van der Waals surface area contributed by atoms with Crippen LogP contribution < -0.4 is 5.32 Å². The van der Waals surface area contributed by atoms with E-state index >= 15 is 0 Å². The molecule has 122 valence electrons. The molecule has 22 heavy (non-hydrogen) atoms. The van der Waals surface area contributed by atoms with Crippen molar-refractivity contribution in [1.29, 1.82) is 0 Å². The van der Waals surface area contributed by atoms with Gasteiger partial charge in [0.1, 0.15) is 11.0 Å². The molecule has 8 nitrogen and oxygen atoms in total. The molecule has 0 bridgehead atoms. The van der Waals surface area contributed by atoms with Crippen molar-refractivity contribution in [1.82, 2.24) is 25.5 Å². The molecule has 0 spiro atoms. The summed E-state index contributed by atoms with van der Waals surface area (Å²) in [5.41, 5.74) is 0. The number of carbonyl (C=O) groups excluding carboxylic acids is 1.